The van der Waals surface area contributed by atoms with Crippen LogP contribution in [0.15, 0.2) is 0 Å². The van der Waals surface area contributed by atoms with Gasteiger partial charge in [0, 0.05) is 13.0 Å². The zero-order chi connectivity index (χ0) is 15.6. The number of hydrogen-bond donors (Lipinski definition) is 2. The van der Waals surface area contributed by atoms with Crippen molar-refractivity contribution in [3.63, 3.8) is 0 Å². The van der Waals surface area contributed by atoms with Crippen molar-refractivity contribution in [1.29, 1.82) is 0 Å². The number of carbonyl (C=O) groups is 2. The molecule has 116 valence electrons. The van der Waals surface area contributed by atoms with E-state index in [0.717, 1.165) is 11.4 Å². The number of nitrogens with one attached hydrogen (secondary N) is 1. The number of hydrogen-bond acceptors (Lipinski definition) is 5. The van der Waals surface area contributed by atoms with Crippen molar-refractivity contribution in [3.05, 3.63) is 5.01 Å². The second kappa shape index (κ2) is 6.38. The maximum atomic E-state index is 12.2. The summed E-state index contributed by atoms with van der Waals surface area (Å²) in [5, 5.41) is 21.1. The van der Waals surface area contributed by atoms with Crippen LogP contribution < -0.4 is 5.32 Å². The average Bonchev–Trinajstić information content (AvgIpc) is 2.95. The zero-order valence-corrected chi connectivity index (χ0v) is 13.2. The van der Waals surface area contributed by atoms with Gasteiger partial charge in [-0.2, -0.15) is 0 Å². The third kappa shape index (κ3) is 3.69. The second-order valence-corrected chi connectivity index (χ2v) is 6.83. The highest BCUT2D eigenvalue weighted by atomic mass is 32.1. The summed E-state index contributed by atoms with van der Waals surface area (Å²) in [6.45, 7) is 6.46. The molecule has 1 fully saturated rings. The predicted octanol–water partition coefficient (Wildman–Crippen LogP) is 2.06. The Morgan fingerprint density at radius 3 is 2.81 bits per heavy atom. The maximum Gasteiger partial charge on any atom is 0.326 e. The van der Waals surface area contributed by atoms with Gasteiger partial charge in [-0.3, -0.25) is 5.32 Å². The Labute approximate surface area is 127 Å². The SMILES string of the molecule is CC(C)Cc1nnc(NC(=O)N2CCC(C)C2C(=O)O)s1. The first kappa shape index (κ1) is 15.7. The quantitative estimate of drug-likeness (QED) is 0.887. The number of aromatic nitrogens is 2. The molecule has 1 aliphatic heterocycles. The lowest BCUT2D eigenvalue weighted by Gasteiger charge is -2.22. The van der Waals surface area contributed by atoms with Crippen molar-refractivity contribution in [2.75, 3.05) is 11.9 Å². The van der Waals surface area contributed by atoms with Crippen LogP contribution in [0.1, 0.15) is 32.2 Å². The van der Waals surface area contributed by atoms with Gasteiger partial charge in [-0.05, 0) is 18.3 Å². The summed E-state index contributed by atoms with van der Waals surface area (Å²) in [5.41, 5.74) is 0. The fraction of sp³-hybridized carbons (Fsp3) is 0.692. The van der Waals surface area contributed by atoms with E-state index in [1.54, 1.807) is 0 Å². The van der Waals surface area contributed by atoms with E-state index in [4.69, 9.17) is 0 Å². The van der Waals surface area contributed by atoms with Crippen LogP contribution in [0.25, 0.3) is 0 Å². The van der Waals surface area contributed by atoms with Gasteiger partial charge in [0.15, 0.2) is 0 Å². The topological polar surface area (TPSA) is 95.4 Å². The summed E-state index contributed by atoms with van der Waals surface area (Å²) in [4.78, 5) is 24.8. The lowest BCUT2D eigenvalue weighted by molar-refractivity contribution is -0.142. The van der Waals surface area contributed by atoms with Crippen molar-refractivity contribution < 1.29 is 14.7 Å². The van der Waals surface area contributed by atoms with Gasteiger partial charge in [0.2, 0.25) is 5.13 Å². The molecule has 1 aromatic rings. The van der Waals surface area contributed by atoms with Crippen molar-refractivity contribution in [2.24, 2.45) is 11.8 Å². The fourth-order valence-corrected chi connectivity index (χ4v) is 3.39. The first-order chi connectivity index (χ1) is 9.88. The maximum absolute atomic E-state index is 12.2. The number of anilines is 1. The molecular weight excluding hydrogens is 292 g/mol. The molecule has 2 unspecified atom stereocenters. The Bertz CT molecular complexity index is 531. The number of rotatable bonds is 4. The van der Waals surface area contributed by atoms with Crippen LogP contribution >= 0.6 is 11.3 Å². The highest BCUT2D eigenvalue weighted by molar-refractivity contribution is 7.15. The predicted molar refractivity (Wildman–Crippen MR) is 79.4 cm³/mol. The summed E-state index contributed by atoms with van der Waals surface area (Å²) < 4.78 is 0. The van der Waals surface area contributed by atoms with Crippen LogP contribution in [0.2, 0.25) is 0 Å². The molecule has 21 heavy (non-hydrogen) atoms. The summed E-state index contributed by atoms with van der Waals surface area (Å²) in [6.07, 6.45) is 1.51. The monoisotopic (exact) mass is 312 g/mol. The van der Waals surface area contributed by atoms with Crippen LogP contribution in [0.4, 0.5) is 9.93 Å². The lowest BCUT2D eigenvalue weighted by Crippen LogP contribution is -2.44. The molecule has 2 atom stereocenters. The standard InChI is InChI=1S/C13H20N4O3S/c1-7(2)6-9-15-16-12(21-9)14-13(20)17-5-4-8(3)10(17)11(18)19/h7-8,10H,4-6H2,1-3H3,(H,18,19)(H,14,16,20). The molecule has 0 saturated carbocycles. The molecule has 7 nitrogen and oxygen atoms in total. The minimum atomic E-state index is -0.965. The summed E-state index contributed by atoms with van der Waals surface area (Å²) in [6, 6.07) is -1.19. The van der Waals surface area contributed by atoms with Gasteiger partial charge in [0.05, 0.1) is 0 Å². The Balaban J connectivity index is 2.01. The lowest BCUT2D eigenvalue weighted by atomic mass is 10.0. The molecule has 2 rings (SSSR count). The number of likely N-dealkylation sites (tertiary alicyclic amines) is 1. The van der Waals surface area contributed by atoms with Gasteiger partial charge in [-0.1, -0.05) is 32.1 Å². The number of amides is 2. The molecule has 1 aromatic heterocycles. The van der Waals surface area contributed by atoms with Crippen molar-refractivity contribution >= 4 is 28.5 Å². The number of urea groups is 1. The summed E-state index contributed by atoms with van der Waals surface area (Å²) in [7, 11) is 0. The molecule has 0 aliphatic carbocycles. The smallest absolute Gasteiger partial charge is 0.326 e. The van der Waals surface area contributed by atoms with Crippen LogP contribution in [-0.2, 0) is 11.2 Å². The van der Waals surface area contributed by atoms with Gasteiger partial charge in [-0.25, -0.2) is 9.59 Å². The van der Waals surface area contributed by atoms with Gasteiger partial charge in [-0.15, -0.1) is 10.2 Å². The average molecular weight is 312 g/mol. The van der Waals surface area contributed by atoms with Crippen LogP contribution in [-0.4, -0.2) is 44.8 Å². The van der Waals surface area contributed by atoms with Crippen LogP contribution in [0.3, 0.4) is 0 Å². The molecule has 2 heterocycles. The Morgan fingerprint density at radius 1 is 1.48 bits per heavy atom. The fourth-order valence-electron chi connectivity index (χ4n) is 2.45. The van der Waals surface area contributed by atoms with E-state index < -0.39 is 18.0 Å². The highest BCUT2D eigenvalue weighted by Crippen LogP contribution is 2.26. The summed E-state index contributed by atoms with van der Waals surface area (Å²) in [5.74, 6) is -0.538. The molecule has 2 N–H and O–H groups in total. The number of aliphatic carboxylic acids is 1. The molecule has 0 bridgehead atoms. The largest absolute Gasteiger partial charge is 0.480 e. The second-order valence-electron chi connectivity index (χ2n) is 5.77. The Kier molecular flexibility index (Phi) is 4.76. The number of nitrogens with zero attached hydrogens (tertiary/aromatic N) is 3. The Morgan fingerprint density at radius 2 is 2.19 bits per heavy atom. The van der Waals surface area contributed by atoms with Gasteiger partial charge < -0.3 is 10.0 Å². The molecule has 2 amide bonds. The first-order valence-corrected chi connectivity index (χ1v) is 7.83. The first-order valence-electron chi connectivity index (χ1n) is 7.01. The summed E-state index contributed by atoms with van der Waals surface area (Å²) >= 11 is 1.33. The highest BCUT2D eigenvalue weighted by Gasteiger charge is 2.39. The number of carbonyl (C=O) groups excluding carboxylic acids is 1. The third-order valence-electron chi connectivity index (χ3n) is 3.48. The Hall–Kier alpha value is -1.70. The molecule has 1 aliphatic rings. The third-order valence-corrected chi connectivity index (χ3v) is 4.34. The van der Waals surface area contributed by atoms with Crippen LogP contribution in [0, 0.1) is 11.8 Å². The van der Waals surface area contributed by atoms with E-state index in [1.807, 2.05) is 6.92 Å². The van der Waals surface area contributed by atoms with Gasteiger partial charge in [0.25, 0.3) is 0 Å². The molecule has 0 aromatic carbocycles. The van der Waals surface area contributed by atoms with E-state index >= 15 is 0 Å². The van der Waals surface area contributed by atoms with Gasteiger partial charge in [0.1, 0.15) is 11.0 Å². The number of carboxylic acid groups (broad SMARTS) is 1. The molecule has 0 spiro atoms. The van der Waals surface area contributed by atoms with E-state index in [9.17, 15) is 14.7 Å². The zero-order valence-electron chi connectivity index (χ0n) is 12.4. The van der Waals surface area contributed by atoms with Crippen molar-refractivity contribution in [1.82, 2.24) is 15.1 Å². The molecule has 1 saturated heterocycles. The molecular formula is C13H20N4O3S. The van der Waals surface area contributed by atoms with Gasteiger partial charge >= 0.3 is 12.0 Å². The molecule has 8 heteroatoms. The minimum Gasteiger partial charge on any atom is -0.480 e. The van der Waals surface area contributed by atoms with E-state index in [0.29, 0.717) is 24.0 Å². The minimum absolute atomic E-state index is 0.0424. The van der Waals surface area contributed by atoms with Crippen molar-refractivity contribution in [3.8, 4) is 0 Å². The van der Waals surface area contributed by atoms with E-state index in [1.165, 1.54) is 16.2 Å². The van der Waals surface area contributed by atoms with E-state index in [-0.39, 0.29) is 5.92 Å². The number of carboxylic acids is 1. The normalized spacial score (nSPS) is 21.8. The van der Waals surface area contributed by atoms with Crippen LogP contribution in [0.5, 0.6) is 0 Å². The van der Waals surface area contributed by atoms with Crippen molar-refractivity contribution in [2.45, 2.75) is 39.7 Å². The van der Waals surface area contributed by atoms with E-state index in [2.05, 4.69) is 29.4 Å². The molecule has 0 radical (unpaired) electrons.